The van der Waals surface area contributed by atoms with Crippen molar-refractivity contribution in [3.05, 3.63) is 82.3 Å². The van der Waals surface area contributed by atoms with Crippen LogP contribution in [0.3, 0.4) is 0 Å². The number of rotatable bonds is 4. The maximum Gasteiger partial charge on any atom is 0.137 e. The second kappa shape index (κ2) is 6.01. The van der Waals surface area contributed by atoms with Gasteiger partial charge in [-0.05, 0) is 23.3 Å². The van der Waals surface area contributed by atoms with Gasteiger partial charge in [0.05, 0.1) is 6.54 Å². The molecule has 0 aliphatic carbocycles. The number of hydrogen-bond donors (Lipinski definition) is 0. The van der Waals surface area contributed by atoms with Crippen LogP contribution >= 0.6 is 15.9 Å². The Labute approximate surface area is 126 Å². The lowest BCUT2D eigenvalue weighted by molar-refractivity contribution is 0.740. The quantitative estimate of drug-likeness (QED) is 0.731. The molecule has 0 radical (unpaired) electrons. The molecule has 0 unspecified atom stereocenters. The van der Waals surface area contributed by atoms with Crippen LogP contribution in [0.5, 0.6) is 0 Å². The van der Waals surface area contributed by atoms with Crippen molar-refractivity contribution in [3.8, 4) is 0 Å². The summed E-state index contributed by atoms with van der Waals surface area (Å²) in [5, 5.41) is 8.26. The lowest BCUT2D eigenvalue weighted by Crippen LogP contribution is -2.05. The minimum absolute atomic E-state index is 0.794. The fraction of sp³-hybridized carbons (Fsp3) is 0.125. The van der Waals surface area contributed by atoms with Gasteiger partial charge in [-0.25, -0.2) is 0 Å². The molecule has 4 heteroatoms. The SMILES string of the molecule is Brc1ccc(Cn2cnnc2Cc2ccccc2)cc1. The molecular weight excluding hydrogens is 314 g/mol. The number of benzene rings is 2. The second-order valence-electron chi connectivity index (χ2n) is 4.66. The van der Waals surface area contributed by atoms with Crippen LogP contribution < -0.4 is 0 Å². The van der Waals surface area contributed by atoms with E-state index in [1.54, 1.807) is 6.33 Å². The summed E-state index contributed by atoms with van der Waals surface area (Å²) in [6, 6.07) is 18.7. The van der Waals surface area contributed by atoms with Gasteiger partial charge in [0.15, 0.2) is 0 Å². The van der Waals surface area contributed by atoms with E-state index in [9.17, 15) is 0 Å². The van der Waals surface area contributed by atoms with Crippen LogP contribution in [0.25, 0.3) is 0 Å². The molecule has 0 aliphatic heterocycles. The van der Waals surface area contributed by atoms with Crippen molar-refractivity contribution in [2.75, 3.05) is 0 Å². The van der Waals surface area contributed by atoms with Crippen molar-refractivity contribution in [2.24, 2.45) is 0 Å². The first-order valence-electron chi connectivity index (χ1n) is 6.46. The Kier molecular flexibility index (Phi) is 3.92. The maximum atomic E-state index is 4.23. The highest BCUT2D eigenvalue weighted by Gasteiger charge is 2.06. The van der Waals surface area contributed by atoms with Crippen molar-refractivity contribution in [2.45, 2.75) is 13.0 Å². The third-order valence-corrected chi connectivity index (χ3v) is 3.70. The van der Waals surface area contributed by atoms with Crippen LogP contribution in [0.2, 0.25) is 0 Å². The van der Waals surface area contributed by atoms with Crippen LogP contribution in [0, 0.1) is 0 Å². The molecule has 0 saturated carbocycles. The summed E-state index contributed by atoms with van der Waals surface area (Å²) in [7, 11) is 0. The van der Waals surface area contributed by atoms with Gasteiger partial charge < -0.3 is 4.57 Å². The standard InChI is InChI=1S/C16H14BrN3/c17-15-8-6-14(7-9-15)11-20-12-18-19-16(20)10-13-4-2-1-3-5-13/h1-9,12H,10-11H2. The number of halogens is 1. The molecular formula is C16H14BrN3. The van der Waals surface area contributed by atoms with Gasteiger partial charge in [-0.15, -0.1) is 10.2 Å². The van der Waals surface area contributed by atoms with Crippen molar-refractivity contribution in [1.82, 2.24) is 14.8 Å². The third kappa shape index (κ3) is 3.14. The summed E-state index contributed by atoms with van der Waals surface area (Å²) >= 11 is 3.45. The molecule has 0 amide bonds. The smallest absolute Gasteiger partial charge is 0.137 e. The summed E-state index contributed by atoms with van der Waals surface area (Å²) in [4.78, 5) is 0. The molecule has 0 fully saturated rings. The summed E-state index contributed by atoms with van der Waals surface area (Å²) in [6.45, 7) is 0.794. The Morgan fingerprint density at radius 2 is 1.65 bits per heavy atom. The summed E-state index contributed by atoms with van der Waals surface area (Å²) in [5.74, 6) is 0.985. The molecule has 0 saturated heterocycles. The molecule has 0 atom stereocenters. The molecule has 100 valence electrons. The van der Waals surface area contributed by atoms with Crippen LogP contribution in [-0.4, -0.2) is 14.8 Å². The van der Waals surface area contributed by atoms with E-state index in [0.29, 0.717) is 0 Å². The first-order chi connectivity index (χ1) is 9.81. The van der Waals surface area contributed by atoms with E-state index in [-0.39, 0.29) is 0 Å². The van der Waals surface area contributed by atoms with Crippen molar-refractivity contribution < 1.29 is 0 Å². The fourth-order valence-electron chi connectivity index (χ4n) is 2.11. The van der Waals surface area contributed by atoms with E-state index in [4.69, 9.17) is 0 Å². The summed E-state index contributed by atoms with van der Waals surface area (Å²) in [5.41, 5.74) is 2.49. The van der Waals surface area contributed by atoms with Crippen LogP contribution in [-0.2, 0) is 13.0 Å². The molecule has 20 heavy (non-hydrogen) atoms. The van der Waals surface area contributed by atoms with Crippen molar-refractivity contribution in [3.63, 3.8) is 0 Å². The van der Waals surface area contributed by atoms with Crippen LogP contribution in [0.15, 0.2) is 65.4 Å². The van der Waals surface area contributed by atoms with Gasteiger partial charge in [0.1, 0.15) is 12.2 Å². The van der Waals surface area contributed by atoms with Crippen LogP contribution in [0.1, 0.15) is 17.0 Å². The third-order valence-electron chi connectivity index (χ3n) is 3.17. The summed E-state index contributed by atoms with van der Waals surface area (Å²) in [6.07, 6.45) is 2.59. The molecule has 3 rings (SSSR count). The Bertz CT molecular complexity index is 674. The highest BCUT2D eigenvalue weighted by Crippen LogP contribution is 2.13. The van der Waals surface area contributed by atoms with Gasteiger partial charge in [-0.3, -0.25) is 0 Å². The number of nitrogens with zero attached hydrogens (tertiary/aromatic N) is 3. The first kappa shape index (κ1) is 13.1. The second-order valence-corrected chi connectivity index (χ2v) is 5.58. The first-order valence-corrected chi connectivity index (χ1v) is 7.25. The van der Waals surface area contributed by atoms with Crippen molar-refractivity contribution in [1.29, 1.82) is 0 Å². The Balaban J connectivity index is 1.78. The van der Waals surface area contributed by atoms with E-state index < -0.39 is 0 Å². The molecule has 1 heterocycles. The summed E-state index contributed by atoms with van der Waals surface area (Å²) < 4.78 is 3.19. The average Bonchev–Trinajstić information content (AvgIpc) is 2.90. The molecule has 1 aromatic heterocycles. The topological polar surface area (TPSA) is 30.7 Å². The van der Waals surface area contributed by atoms with Gasteiger partial charge in [0.25, 0.3) is 0 Å². The fourth-order valence-corrected chi connectivity index (χ4v) is 2.38. The van der Waals surface area contributed by atoms with E-state index in [2.05, 4.69) is 67.1 Å². The van der Waals surface area contributed by atoms with Gasteiger partial charge >= 0.3 is 0 Å². The van der Waals surface area contributed by atoms with E-state index >= 15 is 0 Å². The Morgan fingerprint density at radius 3 is 2.40 bits per heavy atom. The molecule has 0 bridgehead atoms. The zero-order valence-corrected chi connectivity index (χ0v) is 12.5. The minimum Gasteiger partial charge on any atom is -0.313 e. The minimum atomic E-state index is 0.794. The normalized spacial score (nSPS) is 10.7. The maximum absolute atomic E-state index is 4.23. The molecule has 3 nitrogen and oxygen atoms in total. The zero-order valence-electron chi connectivity index (χ0n) is 10.9. The monoisotopic (exact) mass is 327 g/mol. The molecule has 0 aliphatic rings. The highest BCUT2D eigenvalue weighted by atomic mass is 79.9. The van der Waals surface area contributed by atoms with Gasteiger partial charge in [0, 0.05) is 10.9 Å². The lowest BCUT2D eigenvalue weighted by atomic mass is 10.1. The Hall–Kier alpha value is -1.94. The number of hydrogen-bond acceptors (Lipinski definition) is 2. The number of aromatic nitrogens is 3. The van der Waals surface area contributed by atoms with E-state index in [1.165, 1.54) is 11.1 Å². The molecule has 3 aromatic rings. The Morgan fingerprint density at radius 1 is 0.900 bits per heavy atom. The lowest BCUT2D eigenvalue weighted by Gasteiger charge is -2.07. The largest absolute Gasteiger partial charge is 0.313 e. The van der Waals surface area contributed by atoms with Crippen molar-refractivity contribution >= 4 is 15.9 Å². The molecule has 2 aromatic carbocycles. The predicted molar refractivity (Wildman–Crippen MR) is 82.5 cm³/mol. The predicted octanol–water partition coefficient (Wildman–Crippen LogP) is 3.68. The average molecular weight is 328 g/mol. The van der Waals surface area contributed by atoms with Gasteiger partial charge in [-0.2, -0.15) is 0 Å². The van der Waals surface area contributed by atoms with E-state index in [1.807, 2.05) is 18.2 Å². The van der Waals surface area contributed by atoms with Crippen LogP contribution in [0.4, 0.5) is 0 Å². The van der Waals surface area contributed by atoms with Gasteiger partial charge in [0.2, 0.25) is 0 Å². The van der Waals surface area contributed by atoms with Gasteiger partial charge in [-0.1, -0.05) is 58.4 Å². The molecule has 0 spiro atoms. The molecule has 0 N–H and O–H groups in total. The highest BCUT2D eigenvalue weighted by molar-refractivity contribution is 9.10. The van der Waals surface area contributed by atoms with E-state index in [0.717, 1.165) is 23.3 Å². The zero-order chi connectivity index (χ0) is 13.8.